The van der Waals surface area contributed by atoms with E-state index in [9.17, 15) is 13.6 Å². The Labute approximate surface area is 162 Å². The molecule has 0 aliphatic carbocycles. The molecule has 0 aliphatic rings. The predicted molar refractivity (Wildman–Crippen MR) is 95.9 cm³/mol. The Balaban J connectivity index is 1.95. The third-order valence-electron chi connectivity index (χ3n) is 3.71. The standard InChI is InChI=1S/C18H24F2N4O4/c1-4-26-16(27-5-2)12-24-11-15(21-22-24)17(25)23(3)10-13-6-8-14(9-7-13)28-18(19)20/h6-9,11,16,18H,4-5,10,12H2,1-3H3. The van der Waals surface area contributed by atoms with Crippen molar-refractivity contribution in [2.75, 3.05) is 20.3 Å². The highest BCUT2D eigenvalue weighted by Crippen LogP contribution is 2.16. The molecule has 1 aromatic carbocycles. The molecule has 0 unspecified atom stereocenters. The Hall–Kier alpha value is -2.59. The van der Waals surface area contributed by atoms with Crippen molar-refractivity contribution in [3.63, 3.8) is 0 Å². The van der Waals surface area contributed by atoms with Crippen molar-refractivity contribution in [3.05, 3.63) is 41.7 Å². The van der Waals surface area contributed by atoms with Crippen molar-refractivity contribution in [2.45, 2.75) is 39.8 Å². The number of carbonyl (C=O) groups is 1. The number of rotatable bonds is 11. The van der Waals surface area contributed by atoms with Gasteiger partial charge < -0.3 is 19.1 Å². The first-order chi connectivity index (χ1) is 13.4. The summed E-state index contributed by atoms with van der Waals surface area (Å²) < 4.78 is 41.1. The minimum absolute atomic E-state index is 0.0637. The molecule has 154 valence electrons. The molecule has 0 bridgehead atoms. The Kier molecular flexibility index (Phi) is 8.27. The molecule has 2 rings (SSSR count). The molecule has 8 nitrogen and oxygen atoms in total. The van der Waals surface area contributed by atoms with Gasteiger partial charge in [-0.05, 0) is 31.5 Å². The Morgan fingerprint density at radius 3 is 2.39 bits per heavy atom. The second-order valence-corrected chi connectivity index (χ2v) is 5.85. The zero-order valence-electron chi connectivity index (χ0n) is 16.0. The van der Waals surface area contributed by atoms with E-state index >= 15 is 0 Å². The second-order valence-electron chi connectivity index (χ2n) is 5.85. The zero-order chi connectivity index (χ0) is 20.5. The van der Waals surface area contributed by atoms with Crippen LogP contribution in [0.3, 0.4) is 0 Å². The van der Waals surface area contributed by atoms with Gasteiger partial charge in [-0.3, -0.25) is 4.79 Å². The van der Waals surface area contributed by atoms with Crippen molar-refractivity contribution >= 4 is 5.91 Å². The number of hydrogen-bond donors (Lipinski definition) is 0. The molecule has 0 radical (unpaired) electrons. The molecule has 10 heteroatoms. The van der Waals surface area contributed by atoms with Crippen LogP contribution < -0.4 is 4.74 Å². The largest absolute Gasteiger partial charge is 0.435 e. The average molecular weight is 398 g/mol. The van der Waals surface area contributed by atoms with E-state index in [1.807, 2.05) is 13.8 Å². The first kappa shape index (κ1) is 21.7. The lowest BCUT2D eigenvalue weighted by Gasteiger charge is -2.16. The molecule has 0 fully saturated rings. The summed E-state index contributed by atoms with van der Waals surface area (Å²) in [6.45, 7) is 2.44. The lowest BCUT2D eigenvalue weighted by molar-refractivity contribution is -0.145. The van der Waals surface area contributed by atoms with Crippen molar-refractivity contribution in [1.82, 2.24) is 19.9 Å². The van der Waals surface area contributed by atoms with Crippen molar-refractivity contribution in [2.24, 2.45) is 0 Å². The van der Waals surface area contributed by atoms with Crippen LogP contribution in [0, 0.1) is 0 Å². The summed E-state index contributed by atoms with van der Waals surface area (Å²) in [4.78, 5) is 14.0. The first-order valence-corrected chi connectivity index (χ1v) is 8.85. The van der Waals surface area contributed by atoms with Crippen LogP contribution in [-0.2, 0) is 22.6 Å². The summed E-state index contributed by atoms with van der Waals surface area (Å²) in [6, 6.07) is 6.09. The molecule has 0 atom stereocenters. The van der Waals surface area contributed by atoms with Gasteiger partial charge in [0.05, 0.1) is 12.7 Å². The van der Waals surface area contributed by atoms with E-state index in [1.165, 1.54) is 27.9 Å². The van der Waals surface area contributed by atoms with Crippen molar-refractivity contribution in [1.29, 1.82) is 0 Å². The fourth-order valence-electron chi connectivity index (χ4n) is 2.48. The second kappa shape index (κ2) is 10.7. The van der Waals surface area contributed by atoms with E-state index in [4.69, 9.17) is 9.47 Å². The lowest BCUT2D eigenvalue weighted by Crippen LogP contribution is -2.26. The molecule has 0 N–H and O–H groups in total. The number of aromatic nitrogens is 3. The maximum atomic E-state index is 12.5. The van der Waals surface area contributed by atoms with Crippen LogP contribution in [0.1, 0.15) is 29.9 Å². The minimum Gasteiger partial charge on any atom is -0.435 e. The van der Waals surface area contributed by atoms with Gasteiger partial charge in [0.1, 0.15) is 5.75 Å². The van der Waals surface area contributed by atoms with Gasteiger partial charge in [0.2, 0.25) is 0 Å². The highest BCUT2D eigenvalue weighted by molar-refractivity contribution is 5.91. The molecule has 1 amide bonds. The number of amides is 1. The van der Waals surface area contributed by atoms with E-state index in [-0.39, 0.29) is 23.9 Å². The van der Waals surface area contributed by atoms with Gasteiger partial charge in [-0.25, -0.2) is 4.68 Å². The van der Waals surface area contributed by atoms with Crippen LogP contribution in [0.15, 0.2) is 30.5 Å². The van der Waals surface area contributed by atoms with E-state index in [0.717, 1.165) is 5.56 Å². The maximum absolute atomic E-state index is 12.5. The average Bonchev–Trinajstić information content (AvgIpc) is 3.11. The minimum atomic E-state index is -2.87. The van der Waals surface area contributed by atoms with Crippen LogP contribution in [0.25, 0.3) is 0 Å². The smallest absolute Gasteiger partial charge is 0.387 e. The lowest BCUT2D eigenvalue weighted by atomic mass is 10.2. The molecule has 1 heterocycles. The quantitative estimate of drug-likeness (QED) is 0.542. The van der Waals surface area contributed by atoms with Gasteiger partial charge in [0.15, 0.2) is 12.0 Å². The van der Waals surface area contributed by atoms with Crippen molar-refractivity contribution in [3.8, 4) is 5.75 Å². The van der Waals surface area contributed by atoms with E-state index in [0.29, 0.717) is 19.8 Å². The van der Waals surface area contributed by atoms with Gasteiger partial charge in [-0.1, -0.05) is 17.3 Å². The third kappa shape index (κ3) is 6.54. The Morgan fingerprint density at radius 1 is 1.18 bits per heavy atom. The number of nitrogens with zero attached hydrogens (tertiary/aromatic N) is 4. The van der Waals surface area contributed by atoms with Crippen LogP contribution in [-0.4, -0.2) is 59.0 Å². The SMILES string of the molecule is CCOC(Cn1cc(C(=O)N(C)Cc2ccc(OC(F)F)cc2)nn1)OCC. The fraction of sp³-hybridized carbons (Fsp3) is 0.500. The van der Waals surface area contributed by atoms with Crippen molar-refractivity contribution < 1.29 is 27.8 Å². The molecule has 0 aliphatic heterocycles. The molecule has 28 heavy (non-hydrogen) atoms. The summed E-state index contributed by atoms with van der Waals surface area (Å²) in [7, 11) is 1.62. The van der Waals surface area contributed by atoms with E-state index in [1.54, 1.807) is 19.2 Å². The van der Waals surface area contributed by atoms with Crippen LogP contribution in [0.2, 0.25) is 0 Å². The summed E-state index contributed by atoms with van der Waals surface area (Å²) in [6.07, 6.45) is 1.06. The van der Waals surface area contributed by atoms with Crippen LogP contribution in [0.4, 0.5) is 8.78 Å². The zero-order valence-corrected chi connectivity index (χ0v) is 16.0. The number of benzene rings is 1. The predicted octanol–water partition coefficient (Wildman–Crippen LogP) is 2.55. The Bertz CT molecular complexity index is 733. The monoisotopic (exact) mass is 398 g/mol. The topological polar surface area (TPSA) is 78.7 Å². The molecule has 2 aromatic rings. The highest BCUT2D eigenvalue weighted by Gasteiger charge is 2.18. The highest BCUT2D eigenvalue weighted by atomic mass is 19.3. The van der Waals surface area contributed by atoms with E-state index in [2.05, 4.69) is 15.0 Å². The number of hydrogen-bond acceptors (Lipinski definition) is 6. The molecule has 0 saturated carbocycles. The van der Waals surface area contributed by atoms with Gasteiger partial charge in [0, 0.05) is 26.8 Å². The van der Waals surface area contributed by atoms with Gasteiger partial charge in [-0.15, -0.1) is 5.10 Å². The normalized spacial score (nSPS) is 11.2. The summed E-state index contributed by atoms with van der Waals surface area (Å²) in [5.74, 6) is -0.252. The maximum Gasteiger partial charge on any atom is 0.387 e. The summed E-state index contributed by atoms with van der Waals surface area (Å²) in [5, 5.41) is 7.85. The molecule has 0 spiro atoms. The third-order valence-corrected chi connectivity index (χ3v) is 3.71. The van der Waals surface area contributed by atoms with E-state index < -0.39 is 12.9 Å². The first-order valence-electron chi connectivity index (χ1n) is 8.85. The summed E-state index contributed by atoms with van der Waals surface area (Å²) in [5.41, 5.74) is 0.949. The molecule has 0 saturated heterocycles. The van der Waals surface area contributed by atoms with Crippen LogP contribution in [0.5, 0.6) is 5.75 Å². The number of carbonyl (C=O) groups excluding carboxylic acids is 1. The molecule has 1 aromatic heterocycles. The Morgan fingerprint density at radius 2 is 1.82 bits per heavy atom. The van der Waals surface area contributed by atoms with Gasteiger partial charge in [-0.2, -0.15) is 8.78 Å². The van der Waals surface area contributed by atoms with Gasteiger partial charge in [0.25, 0.3) is 5.91 Å². The fourth-order valence-corrected chi connectivity index (χ4v) is 2.48. The number of ether oxygens (including phenoxy) is 3. The molecular weight excluding hydrogens is 374 g/mol. The number of alkyl halides is 2. The summed E-state index contributed by atoms with van der Waals surface area (Å²) >= 11 is 0. The molecular formula is C18H24F2N4O4. The van der Waals surface area contributed by atoms with Crippen LogP contribution >= 0.6 is 0 Å². The van der Waals surface area contributed by atoms with Gasteiger partial charge >= 0.3 is 6.61 Å². The number of halogens is 2.